The van der Waals surface area contributed by atoms with Crippen molar-refractivity contribution in [2.45, 2.75) is 18.6 Å². The van der Waals surface area contributed by atoms with E-state index in [4.69, 9.17) is 4.74 Å². The Kier molecular flexibility index (Phi) is 5.90. The third-order valence-electron chi connectivity index (χ3n) is 4.52. The van der Waals surface area contributed by atoms with Crippen LogP contribution in [-0.2, 0) is 4.79 Å². The molecule has 1 atom stereocenters. The van der Waals surface area contributed by atoms with Gasteiger partial charge in [-0.05, 0) is 29.8 Å². The quantitative estimate of drug-likeness (QED) is 0.551. The number of nitro groups is 1. The minimum absolute atomic E-state index is 0.0200. The molecule has 0 aromatic heterocycles. The summed E-state index contributed by atoms with van der Waals surface area (Å²) in [6, 6.07) is 8.51. The molecule has 9 nitrogen and oxygen atoms in total. The summed E-state index contributed by atoms with van der Waals surface area (Å²) in [5.74, 6) is -2.48. The predicted molar refractivity (Wildman–Crippen MR) is 102 cm³/mol. The van der Waals surface area contributed by atoms with E-state index in [0.29, 0.717) is 16.9 Å². The van der Waals surface area contributed by atoms with Crippen molar-refractivity contribution in [2.75, 3.05) is 7.11 Å². The van der Waals surface area contributed by atoms with E-state index in [-0.39, 0.29) is 23.4 Å². The van der Waals surface area contributed by atoms with Gasteiger partial charge in [-0.25, -0.2) is 5.43 Å². The summed E-state index contributed by atoms with van der Waals surface area (Å²) >= 11 is 0. The zero-order valence-electron chi connectivity index (χ0n) is 15.9. The van der Waals surface area contributed by atoms with Crippen LogP contribution in [0.2, 0.25) is 0 Å². The van der Waals surface area contributed by atoms with Gasteiger partial charge in [-0.1, -0.05) is 6.07 Å². The lowest BCUT2D eigenvalue weighted by Gasteiger charge is -2.15. The van der Waals surface area contributed by atoms with Crippen molar-refractivity contribution < 1.29 is 32.4 Å². The Morgan fingerprint density at radius 1 is 1.23 bits per heavy atom. The van der Waals surface area contributed by atoms with Gasteiger partial charge >= 0.3 is 12.1 Å². The lowest BCUT2D eigenvalue weighted by molar-refractivity contribution is -0.384. The SMILES string of the molecule is COc1ccc2c(c1)C(NC(=O)C(F)(F)F)CC2=NNC(=O)c1cccc([N+](=O)[O-])c1. The maximum atomic E-state index is 12.7. The van der Waals surface area contributed by atoms with E-state index in [2.05, 4.69) is 10.5 Å². The van der Waals surface area contributed by atoms with Crippen LogP contribution in [-0.4, -0.2) is 35.7 Å². The molecule has 1 unspecified atom stereocenters. The molecule has 0 saturated heterocycles. The van der Waals surface area contributed by atoms with Gasteiger partial charge in [0.05, 0.1) is 23.8 Å². The minimum Gasteiger partial charge on any atom is -0.497 e. The number of halogens is 3. The van der Waals surface area contributed by atoms with E-state index in [0.717, 1.165) is 6.07 Å². The summed E-state index contributed by atoms with van der Waals surface area (Å²) in [7, 11) is 1.38. The van der Waals surface area contributed by atoms with Crippen LogP contribution < -0.4 is 15.5 Å². The highest BCUT2D eigenvalue weighted by Gasteiger charge is 2.41. The molecular weight excluding hydrogens is 421 g/mol. The first-order valence-electron chi connectivity index (χ1n) is 8.77. The van der Waals surface area contributed by atoms with Crippen LogP contribution in [0.15, 0.2) is 47.6 Å². The Hall–Kier alpha value is -3.96. The fourth-order valence-corrected chi connectivity index (χ4v) is 3.05. The number of rotatable bonds is 5. The Bertz CT molecular complexity index is 1080. The van der Waals surface area contributed by atoms with Crippen molar-refractivity contribution >= 4 is 23.2 Å². The fourth-order valence-electron chi connectivity index (χ4n) is 3.05. The second-order valence-electron chi connectivity index (χ2n) is 6.49. The third kappa shape index (κ3) is 4.79. The lowest BCUT2D eigenvalue weighted by Crippen LogP contribution is -2.38. The van der Waals surface area contributed by atoms with E-state index < -0.39 is 29.0 Å². The number of fused-ring (bicyclic) bond motifs is 1. The molecule has 1 aliphatic carbocycles. The van der Waals surface area contributed by atoms with Gasteiger partial charge in [-0.3, -0.25) is 19.7 Å². The first-order valence-corrected chi connectivity index (χ1v) is 8.77. The molecule has 2 aromatic carbocycles. The van der Waals surface area contributed by atoms with Crippen LogP contribution >= 0.6 is 0 Å². The van der Waals surface area contributed by atoms with E-state index >= 15 is 0 Å². The van der Waals surface area contributed by atoms with Crippen LogP contribution in [0.5, 0.6) is 5.75 Å². The Morgan fingerprint density at radius 3 is 2.61 bits per heavy atom. The molecule has 0 fully saturated rings. The van der Waals surface area contributed by atoms with Gasteiger partial charge in [-0.15, -0.1) is 0 Å². The first-order chi connectivity index (χ1) is 14.6. The number of alkyl halides is 3. The highest BCUT2D eigenvalue weighted by Crippen LogP contribution is 2.35. The Labute approximate surface area is 173 Å². The average molecular weight is 436 g/mol. The molecular formula is C19H15F3N4O5. The zero-order valence-corrected chi connectivity index (χ0v) is 15.9. The molecule has 0 saturated carbocycles. The van der Waals surface area contributed by atoms with Crippen LogP contribution in [0.4, 0.5) is 18.9 Å². The number of carbonyl (C=O) groups is 2. The van der Waals surface area contributed by atoms with Crippen molar-refractivity contribution in [3.63, 3.8) is 0 Å². The molecule has 0 radical (unpaired) electrons. The minimum atomic E-state index is -5.06. The molecule has 2 amide bonds. The van der Waals surface area contributed by atoms with Gasteiger partial charge in [-0.2, -0.15) is 18.3 Å². The van der Waals surface area contributed by atoms with Gasteiger partial charge in [0, 0.05) is 29.7 Å². The van der Waals surface area contributed by atoms with Crippen LogP contribution in [0.1, 0.15) is 33.9 Å². The number of hydrogen-bond donors (Lipinski definition) is 2. The number of ether oxygens (including phenoxy) is 1. The number of hydrazone groups is 1. The largest absolute Gasteiger partial charge is 0.497 e. The highest BCUT2D eigenvalue weighted by atomic mass is 19.4. The summed E-state index contributed by atoms with van der Waals surface area (Å²) in [6.07, 6.45) is -5.17. The van der Waals surface area contributed by atoms with Crippen molar-refractivity contribution in [3.8, 4) is 5.75 Å². The van der Waals surface area contributed by atoms with E-state index in [9.17, 15) is 32.9 Å². The lowest BCUT2D eigenvalue weighted by atomic mass is 10.1. The Morgan fingerprint density at radius 2 is 1.97 bits per heavy atom. The van der Waals surface area contributed by atoms with Crippen LogP contribution in [0, 0.1) is 10.1 Å². The molecule has 31 heavy (non-hydrogen) atoms. The summed E-state index contributed by atoms with van der Waals surface area (Å²) in [5, 5.41) is 16.7. The second kappa shape index (κ2) is 8.42. The molecule has 12 heteroatoms. The predicted octanol–water partition coefficient (Wildman–Crippen LogP) is 2.86. The fraction of sp³-hybridized carbons (Fsp3) is 0.211. The standard InChI is InChI=1S/C19H15F3N4O5/c1-31-12-5-6-13-14(8-12)15(23-18(28)19(20,21)22)9-16(13)24-25-17(27)10-3-2-4-11(7-10)26(29)30/h2-8,15H,9H2,1H3,(H,23,28)(H,25,27). The van der Waals surface area contributed by atoms with Crippen molar-refractivity contribution in [1.29, 1.82) is 0 Å². The van der Waals surface area contributed by atoms with E-state index in [1.54, 1.807) is 12.1 Å². The number of carbonyl (C=O) groups excluding carboxylic acids is 2. The summed E-state index contributed by atoms with van der Waals surface area (Å²) in [5.41, 5.74) is 2.93. The number of nitro benzene ring substituents is 1. The van der Waals surface area contributed by atoms with Crippen LogP contribution in [0.25, 0.3) is 0 Å². The number of nitrogens with zero attached hydrogens (tertiary/aromatic N) is 2. The topological polar surface area (TPSA) is 123 Å². The average Bonchev–Trinajstić information content (AvgIpc) is 3.07. The summed E-state index contributed by atoms with van der Waals surface area (Å²) < 4.78 is 43.1. The molecule has 2 N–H and O–H groups in total. The van der Waals surface area contributed by atoms with Crippen molar-refractivity contribution in [1.82, 2.24) is 10.7 Å². The normalized spacial score (nSPS) is 16.5. The number of amides is 2. The number of nitrogens with one attached hydrogen (secondary N) is 2. The van der Waals surface area contributed by atoms with Gasteiger partial charge in [0.15, 0.2) is 0 Å². The molecule has 1 aliphatic rings. The number of methoxy groups -OCH3 is 1. The Balaban J connectivity index is 1.85. The number of non-ortho nitro benzene ring substituents is 1. The first kappa shape index (κ1) is 21.7. The molecule has 0 bridgehead atoms. The second-order valence-corrected chi connectivity index (χ2v) is 6.49. The summed E-state index contributed by atoms with van der Waals surface area (Å²) in [4.78, 5) is 33.9. The molecule has 162 valence electrons. The van der Waals surface area contributed by atoms with Gasteiger partial charge < -0.3 is 10.1 Å². The number of benzene rings is 2. The smallest absolute Gasteiger partial charge is 0.471 e. The van der Waals surface area contributed by atoms with E-state index in [1.807, 2.05) is 5.32 Å². The van der Waals surface area contributed by atoms with Gasteiger partial charge in [0.2, 0.25) is 0 Å². The monoisotopic (exact) mass is 436 g/mol. The van der Waals surface area contributed by atoms with Crippen molar-refractivity contribution in [2.24, 2.45) is 5.10 Å². The van der Waals surface area contributed by atoms with Crippen molar-refractivity contribution in [3.05, 3.63) is 69.3 Å². The highest BCUT2D eigenvalue weighted by molar-refractivity contribution is 6.07. The number of hydrogen-bond acceptors (Lipinski definition) is 6. The van der Waals surface area contributed by atoms with Gasteiger partial charge in [0.1, 0.15) is 5.75 Å². The zero-order chi connectivity index (χ0) is 22.8. The molecule has 0 spiro atoms. The maximum absolute atomic E-state index is 12.7. The molecule has 0 aliphatic heterocycles. The maximum Gasteiger partial charge on any atom is 0.471 e. The van der Waals surface area contributed by atoms with Gasteiger partial charge in [0.25, 0.3) is 11.6 Å². The summed E-state index contributed by atoms with van der Waals surface area (Å²) in [6.45, 7) is 0. The molecule has 0 heterocycles. The third-order valence-corrected chi connectivity index (χ3v) is 4.52. The molecule has 2 aromatic rings. The van der Waals surface area contributed by atoms with Crippen LogP contribution in [0.3, 0.4) is 0 Å². The molecule has 3 rings (SSSR count). The van der Waals surface area contributed by atoms with E-state index in [1.165, 1.54) is 31.4 Å².